The molecule has 0 aliphatic carbocycles. The van der Waals surface area contributed by atoms with Crippen LogP contribution >= 0.6 is 0 Å². The fraction of sp³-hybridized carbons (Fsp3) is 0.381. The molecule has 2 heterocycles. The predicted molar refractivity (Wildman–Crippen MR) is 108 cm³/mol. The smallest absolute Gasteiger partial charge is 0.299 e. The van der Waals surface area contributed by atoms with Crippen LogP contribution < -0.4 is 4.72 Å². The number of hydrogen-bond donors (Lipinski definition) is 1. The van der Waals surface area contributed by atoms with Crippen molar-refractivity contribution in [3.63, 3.8) is 0 Å². The summed E-state index contributed by atoms with van der Waals surface area (Å²) in [4.78, 5) is 6.91. The van der Waals surface area contributed by atoms with E-state index in [4.69, 9.17) is 0 Å². The summed E-state index contributed by atoms with van der Waals surface area (Å²) in [6, 6.07) is 11.9. The second-order valence-corrected chi connectivity index (χ2v) is 9.39. The molecule has 5 nitrogen and oxygen atoms in total. The molecule has 4 rings (SSSR count). The topological polar surface area (TPSA) is 61.8 Å². The van der Waals surface area contributed by atoms with Crippen LogP contribution in [0.1, 0.15) is 35.6 Å². The number of aliphatic imine (C=N–C) groups is 1. The van der Waals surface area contributed by atoms with Crippen molar-refractivity contribution in [2.75, 3.05) is 20.1 Å². The quantitative estimate of drug-likeness (QED) is 0.794. The minimum Gasteiger partial charge on any atom is -0.299 e. The second kappa shape index (κ2) is 7.70. The van der Waals surface area contributed by atoms with Gasteiger partial charge in [0.1, 0.15) is 5.84 Å². The van der Waals surface area contributed by atoms with Gasteiger partial charge in [-0.25, -0.2) is 8.42 Å². The molecule has 2 aromatic rings. The number of halogens is 3. The molecule has 1 N–H and O–H groups in total. The summed E-state index contributed by atoms with van der Waals surface area (Å²) in [5, 5.41) is 0. The molecule has 0 spiro atoms. The highest BCUT2D eigenvalue weighted by Crippen LogP contribution is 2.37. The summed E-state index contributed by atoms with van der Waals surface area (Å²) < 4.78 is 65.8. The molecule has 0 amide bonds. The Labute approximate surface area is 173 Å². The van der Waals surface area contributed by atoms with Crippen LogP contribution in [0.15, 0.2) is 58.4 Å². The van der Waals surface area contributed by atoms with E-state index in [-0.39, 0.29) is 16.9 Å². The number of piperidine rings is 1. The molecule has 30 heavy (non-hydrogen) atoms. The summed E-state index contributed by atoms with van der Waals surface area (Å²) in [5.74, 6) is 0.384. The second-order valence-electron chi connectivity index (χ2n) is 7.74. The fourth-order valence-corrected chi connectivity index (χ4v) is 5.56. The Morgan fingerprint density at radius 2 is 1.83 bits per heavy atom. The highest BCUT2D eigenvalue weighted by Gasteiger charge is 2.34. The highest BCUT2D eigenvalue weighted by atomic mass is 32.2. The van der Waals surface area contributed by atoms with E-state index in [9.17, 15) is 21.6 Å². The van der Waals surface area contributed by atoms with Crippen LogP contribution in [0.25, 0.3) is 0 Å². The van der Waals surface area contributed by atoms with Gasteiger partial charge < -0.3 is 0 Å². The Hall–Kier alpha value is -2.39. The first kappa shape index (κ1) is 20.9. The summed E-state index contributed by atoms with van der Waals surface area (Å²) in [7, 11) is -1.65. The minimum atomic E-state index is -4.37. The van der Waals surface area contributed by atoms with Crippen LogP contribution in [0.4, 0.5) is 13.2 Å². The van der Waals surface area contributed by atoms with Crippen LogP contribution in [-0.4, -0.2) is 39.3 Å². The van der Waals surface area contributed by atoms with E-state index < -0.39 is 21.8 Å². The Bertz CT molecular complexity index is 1070. The summed E-state index contributed by atoms with van der Waals surface area (Å²) in [6.45, 7) is 1.22. The van der Waals surface area contributed by atoms with Crippen LogP contribution in [0.5, 0.6) is 0 Å². The number of alkyl halides is 3. The first-order valence-corrected chi connectivity index (χ1v) is 11.2. The third-order valence-corrected chi connectivity index (χ3v) is 7.13. The fourth-order valence-electron chi connectivity index (χ4n) is 4.31. The van der Waals surface area contributed by atoms with Crippen molar-refractivity contribution in [1.29, 1.82) is 0 Å². The Balaban J connectivity index is 1.59. The molecular weight excluding hydrogens is 415 g/mol. The Kier molecular flexibility index (Phi) is 5.36. The number of rotatable bonds is 3. The van der Waals surface area contributed by atoms with E-state index in [1.54, 1.807) is 24.3 Å². The predicted octanol–water partition coefficient (Wildman–Crippen LogP) is 3.83. The maximum absolute atomic E-state index is 12.9. The maximum Gasteiger partial charge on any atom is 0.416 e. The molecule has 2 aliphatic heterocycles. The van der Waals surface area contributed by atoms with Crippen LogP contribution in [0.2, 0.25) is 0 Å². The van der Waals surface area contributed by atoms with E-state index in [1.807, 2.05) is 7.05 Å². The van der Waals surface area contributed by atoms with Crippen LogP contribution in [0.3, 0.4) is 0 Å². The molecule has 0 bridgehead atoms. The lowest BCUT2D eigenvalue weighted by Gasteiger charge is -2.39. The first-order valence-electron chi connectivity index (χ1n) is 9.71. The molecular formula is C21H22F3N3O2S. The monoisotopic (exact) mass is 437 g/mol. The number of sulfonamides is 1. The lowest BCUT2D eigenvalue weighted by atomic mass is 9.84. The molecule has 1 fully saturated rings. The first-order chi connectivity index (χ1) is 14.2. The van der Waals surface area contributed by atoms with Crippen molar-refractivity contribution in [1.82, 2.24) is 9.62 Å². The van der Waals surface area contributed by atoms with E-state index >= 15 is 0 Å². The van der Waals surface area contributed by atoms with Crippen molar-refractivity contribution in [2.45, 2.75) is 30.0 Å². The largest absolute Gasteiger partial charge is 0.416 e. The standard InChI is InChI=1S/C21H22F3N3O2S/c1-27-12-4-5-15(19(27)14-8-10-16(11-9-14)21(22,23)24)13-25-20-17-6-2-3-7-18(17)30(28,29)26-20/h2-3,6-11,15,19H,4-5,12-13H2,1H3,(H,25,26). The van der Waals surface area contributed by atoms with Crippen molar-refractivity contribution in [3.05, 3.63) is 65.2 Å². The highest BCUT2D eigenvalue weighted by molar-refractivity contribution is 7.90. The van der Waals surface area contributed by atoms with Gasteiger partial charge >= 0.3 is 6.18 Å². The average Bonchev–Trinajstić information content (AvgIpc) is 2.96. The zero-order chi connectivity index (χ0) is 21.5. The van der Waals surface area contributed by atoms with Crippen molar-refractivity contribution < 1.29 is 21.6 Å². The van der Waals surface area contributed by atoms with Crippen LogP contribution in [-0.2, 0) is 16.2 Å². The third-order valence-electron chi connectivity index (χ3n) is 5.73. The lowest BCUT2D eigenvalue weighted by molar-refractivity contribution is -0.137. The number of likely N-dealkylation sites (tertiary alicyclic amines) is 1. The molecule has 1 saturated heterocycles. The van der Waals surface area contributed by atoms with Gasteiger partial charge in [0.2, 0.25) is 0 Å². The van der Waals surface area contributed by atoms with Gasteiger partial charge in [-0.05, 0) is 62.2 Å². The van der Waals surface area contributed by atoms with Gasteiger partial charge in [-0.15, -0.1) is 0 Å². The van der Waals surface area contributed by atoms with E-state index in [0.29, 0.717) is 17.9 Å². The van der Waals surface area contributed by atoms with E-state index in [0.717, 1.165) is 37.1 Å². The molecule has 0 aromatic heterocycles. The number of nitrogens with one attached hydrogen (secondary N) is 1. The minimum absolute atomic E-state index is 0.0604. The van der Waals surface area contributed by atoms with E-state index in [1.165, 1.54) is 12.1 Å². The van der Waals surface area contributed by atoms with Crippen molar-refractivity contribution >= 4 is 15.9 Å². The molecule has 2 aliphatic rings. The van der Waals surface area contributed by atoms with Gasteiger partial charge in [0.05, 0.1) is 10.5 Å². The normalized spacial score (nSPS) is 25.1. The number of fused-ring (bicyclic) bond motifs is 1. The lowest BCUT2D eigenvalue weighted by Crippen LogP contribution is -2.37. The molecule has 9 heteroatoms. The number of nitrogens with zero attached hydrogens (tertiary/aromatic N) is 2. The Morgan fingerprint density at radius 1 is 1.13 bits per heavy atom. The summed E-state index contributed by atoms with van der Waals surface area (Å²) >= 11 is 0. The molecule has 0 radical (unpaired) electrons. The van der Waals surface area contributed by atoms with Gasteiger partial charge in [0.25, 0.3) is 10.0 Å². The number of amidine groups is 1. The summed E-state index contributed by atoms with van der Waals surface area (Å²) in [6.07, 6.45) is -2.55. The maximum atomic E-state index is 12.9. The van der Waals surface area contributed by atoms with Gasteiger partial charge in [-0.1, -0.05) is 24.3 Å². The van der Waals surface area contributed by atoms with E-state index in [2.05, 4.69) is 14.6 Å². The molecule has 2 aromatic carbocycles. The van der Waals surface area contributed by atoms with Crippen molar-refractivity contribution in [3.8, 4) is 0 Å². The molecule has 2 atom stereocenters. The van der Waals surface area contributed by atoms with Gasteiger partial charge in [-0.2, -0.15) is 13.2 Å². The number of hydrogen-bond acceptors (Lipinski definition) is 4. The third kappa shape index (κ3) is 3.96. The van der Waals surface area contributed by atoms with Crippen LogP contribution in [0, 0.1) is 5.92 Å². The average molecular weight is 437 g/mol. The Morgan fingerprint density at radius 3 is 2.53 bits per heavy atom. The van der Waals surface area contributed by atoms with Gasteiger partial charge in [0, 0.05) is 18.2 Å². The zero-order valence-corrected chi connectivity index (χ0v) is 17.2. The zero-order valence-electron chi connectivity index (χ0n) is 16.4. The van der Waals surface area contributed by atoms with Crippen molar-refractivity contribution in [2.24, 2.45) is 10.9 Å². The van der Waals surface area contributed by atoms with Gasteiger partial charge in [0.15, 0.2) is 0 Å². The molecule has 2 unspecified atom stereocenters. The SMILES string of the molecule is CN1CCCC(CN=C2NS(=O)(=O)c3ccccc32)C1c1ccc(C(F)(F)F)cc1. The summed E-state index contributed by atoms with van der Waals surface area (Å²) in [5.41, 5.74) is 0.689. The molecule has 160 valence electrons. The van der Waals surface area contributed by atoms with Gasteiger partial charge in [-0.3, -0.25) is 14.6 Å². The molecule has 0 saturated carbocycles. The number of benzene rings is 2.